The zero-order chi connectivity index (χ0) is 8.65. The van der Waals surface area contributed by atoms with Crippen LogP contribution in [0.4, 0.5) is 0 Å². The molecule has 0 amide bonds. The molecule has 1 rings (SSSR count). The molecule has 0 saturated carbocycles. The quantitative estimate of drug-likeness (QED) is 0.530. The first-order valence-electron chi connectivity index (χ1n) is 3.73. The van der Waals surface area contributed by atoms with Gasteiger partial charge in [0.25, 0.3) is 0 Å². The van der Waals surface area contributed by atoms with E-state index >= 15 is 0 Å². The standard InChI is InChI=1S/C6H12O5S/c7-12-10-5-3-8-1-2-9-4-6-11-12/h1-6H2. The first-order valence-corrected chi connectivity index (χ1v) is 4.73. The van der Waals surface area contributed by atoms with Gasteiger partial charge < -0.3 is 9.47 Å². The third-order valence-electron chi connectivity index (χ3n) is 1.19. The SMILES string of the molecule is O=S1OCCOCCOCCO1. The van der Waals surface area contributed by atoms with Gasteiger partial charge in [-0.1, -0.05) is 0 Å². The molecule has 0 aliphatic carbocycles. The summed E-state index contributed by atoms with van der Waals surface area (Å²) in [5.41, 5.74) is 0. The van der Waals surface area contributed by atoms with E-state index < -0.39 is 11.4 Å². The topological polar surface area (TPSA) is 54.0 Å². The normalized spacial score (nSPS) is 24.7. The fourth-order valence-electron chi connectivity index (χ4n) is 0.678. The summed E-state index contributed by atoms with van der Waals surface area (Å²) in [6.07, 6.45) is 0. The molecule has 0 radical (unpaired) electrons. The molecule has 0 aromatic rings. The molecule has 0 atom stereocenters. The van der Waals surface area contributed by atoms with Gasteiger partial charge in [0.2, 0.25) is 0 Å². The van der Waals surface area contributed by atoms with Crippen LogP contribution in [0.1, 0.15) is 0 Å². The molecule has 12 heavy (non-hydrogen) atoms. The molecule has 72 valence electrons. The third kappa shape index (κ3) is 4.78. The lowest BCUT2D eigenvalue weighted by Gasteiger charge is -2.01. The monoisotopic (exact) mass is 196 g/mol. The van der Waals surface area contributed by atoms with E-state index in [1.54, 1.807) is 0 Å². The van der Waals surface area contributed by atoms with Gasteiger partial charge in [0.15, 0.2) is 0 Å². The molecule has 0 spiro atoms. The van der Waals surface area contributed by atoms with Crippen LogP contribution in [0.3, 0.4) is 0 Å². The number of ether oxygens (including phenoxy) is 2. The third-order valence-corrected chi connectivity index (χ3v) is 1.90. The van der Waals surface area contributed by atoms with Crippen LogP contribution in [0.25, 0.3) is 0 Å². The van der Waals surface area contributed by atoms with E-state index in [0.717, 1.165) is 0 Å². The van der Waals surface area contributed by atoms with Crippen molar-refractivity contribution in [3.8, 4) is 0 Å². The second-order valence-corrected chi connectivity index (χ2v) is 2.95. The van der Waals surface area contributed by atoms with Crippen molar-refractivity contribution in [2.75, 3.05) is 39.6 Å². The maximum absolute atomic E-state index is 10.8. The average molecular weight is 196 g/mol. The summed E-state index contributed by atoms with van der Waals surface area (Å²) < 4.78 is 30.4. The molecule has 0 bridgehead atoms. The minimum Gasteiger partial charge on any atom is -0.377 e. The van der Waals surface area contributed by atoms with E-state index in [2.05, 4.69) is 0 Å². The molecule has 1 fully saturated rings. The van der Waals surface area contributed by atoms with Crippen molar-refractivity contribution in [1.82, 2.24) is 0 Å². The van der Waals surface area contributed by atoms with Gasteiger partial charge in [0.05, 0.1) is 39.6 Å². The first kappa shape index (κ1) is 10.1. The summed E-state index contributed by atoms with van der Waals surface area (Å²) in [5.74, 6) is 0. The molecule has 0 N–H and O–H groups in total. The van der Waals surface area contributed by atoms with E-state index in [0.29, 0.717) is 26.4 Å². The van der Waals surface area contributed by atoms with Crippen LogP contribution in [-0.4, -0.2) is 43.9 Å². The molecule has 6 heteroatoms. The van der Waals surface area contributed by atoms with Crippen LogP contribution in [0.15, 0.2) is 0 Å². The largest absolute Gasteiger partial charge is 0.377 e. The molecule has 1 aliphatic rings. The minimum atomic E-state index is -1.66. The smallest absolute Gasteiger partial charge is 0.304 e. The zero-order valence-corrected chi connectivity index (χ0v) is 7.51. The van der Waals surface area contributed by atoms with Crippen molar-refractivity contribution in [2.45, 2.75) is 0 Å². The van der Waals surface area contributed by atoms with Crippen molar-refractivity contribution in [3.05, 3.63) is 0 Å². The van der Waals surface area contributed by atoms with Gasteiger partial charge in [-0.25, -0.2) is 0 Å². The minimum absolute atomic E-state index is 0.284. The summed E-state index contributed by atoms with van der Waals surface area (Å²) >= 11 is -1.66. The lowest BCUT2D eigenvalue weighted by molar-refractivity contribution is 0.0375. The van der Waals surface area contributed by atoms with E-state index in [1.165, 1.54) is 0 Å². The Kier molecular flexibility index (Phi) is 5.46. The Hall–Kier alpha value is -0.0100. The van der Waals surface area contributed by atoms with E-state index in [-0.39, 0.29) is 13.2 Å². The molecule has 0 aromatic heterocycles. The van der Waals surface area contributed by atoms with Gasteiger partial charge in [0, 0.05) is 0 Å². The molecule has 0 unspecified atom stereocenters. The summed E-state index contributed by atoms with van der Waals surface area (Å²) in [7, 11) is 0. The Labute approximate surface area is 73.8 Å². The highest BCUT2D eigenvalue weighted by molar-refractivity contribution is 7.75. The summed E-state index contributed by atoms with van der Waals surface area (Å²) in [4.78, 5) is 0. The van der Waals surface area contributed by atoms with Crippen LogP contribution in [0, 0.1) is 0 Å². The van der Waals surface area contributed by atoms with Crippen LogP contribution in [0.2, 0.25) is 0 Å². The van der Waals surface area contributed by atoms with Crippen LogP contribution in [-0.2, 0) is 29.2 Å². The van der Waals surface area contributed by atoms with Gasteiger partial charge in [-0.05, 0) is 0 Å². The maximum Gasteiger partial charge on any atom is 0.304 e. The highest BCUT2D eigenvalue weighted by Crippen LogP contribution is 1.92. The van der Waals surface area contributed by atoms with Gasteiger partial charge >= 0.3 is 11.4 Å². The molecule has 0 aromatic carbocycles. The van der Waals surface area contributed by atoms with Crippen molar-refractivity contribution in [2.24, 2.45) is 0 Å². The Balaban J connectivity index is 2.17. The second-order valence-electron chi connectivity index (χ2n) is 2.07. The molecular formula is C6H12O5S. The lowest BCUT2D eigenvalue weighted by atomic mass is 10.7. The van der Waals surface area contributed by atoms with Gasteiger partial charge in [-0.3, -0.25) is 8.37 Å². The predicted molar refractivity (Wildman–Crippen MR) is 41.7 cm³/mol. The highest BCUT2D eigenvalue weighted by Gasteiger charge is 2.02. The Morgan fingerprint density at radius 2 is 1.17 bits per heavy atom. The number of rotatable bonds is 0. The van der Waals surface area contributed by atoms with Crippen molar-refractivity contribution < 1.29 is 22.0 Å². The molecule has 1 heterocycles. The Morgan fingerprint density at radius 3 is 1.67 bits per heavy atom. The fourth-order valence-corrected chi connectivity index (χ4v) is 1.15. The highest BCUT2D eigenvalue weighted by atomic mass is 32.2. The fraction of sp³-hybridized carbons (Fsp3) is 1.00. The lowest BCUT2D eigenvalue weighted by Crippen LogP contribution is -2.09. The Morgan fingerprint density at radius 1 is 0.750 bits per heavy atom. The van der Waals surface area contributed by atoms with Crippen molar-refractivity contribution in [1.29, 1.82) is 0 Å². The zero-order valence-electron chi connectivity index (χ0n) is 6.69. The molecule has 1 aliphatic heterocycles. The van der Waals surface area contributed by atoms with Crippen LogP contribution in [0.5, 0.6) is 0 Å². The second kappa shape index (κ2) is 6.50. The summed E-state index contributed by atoms with van der Waals surface area (Å²) in [6.45, 7) is 2.47. The summed E-state index contributed by atoms with van der Waals surface area (Å²) in [5, 5.41) is 0. The maximum atomic E-state index is 10.8. The van der Waals surface area contributed by atoms with E-state index in [1.807, 2.05) is 0 Å². The van der Waals surface area contributed by atoms with E-state index in [4.69, 9.17) is 17.8 Å². The molecule has 1 saturated heterocycles. The first-order chi connectivity index (χ1) is 5.89. The van der Waals surface area contributed by atoms with Crippen LogP contribution >= 0.6 is 0 Å². The number of hydrogen-bond donors (Lipinski definition) is 0. The Bertz CT molecular complexity index is 126. The van der Waals surface area contributed by atoms with Crippen LogP contribution < -0.4 is 0 Å². The van der Waals surface area contributed by atoms with Gasteiger partial charge in [-0.2, -0.15) is 4.21 Å². The van der Waals surface area contributed by atoms with Gasteiger partial charge in [-0.15, -0.1) is 0 Å². The summed E-state index contributed by atoms with van der Waals surface area (Å²) in [6, 6.07) is 0. The van der Waals surface area contributed by atoms with Crippen molar-refractivity contribution in [3.63, 3.8) is 0 Å². The predicted octanol–water partition coefficient (Wildman–Crippen LogP) is -0.355. The molecular weight excluding hydrogens is 184 g/mol. The number of hydrogen-bond acceptors (Lipinski definition) is 5. The van der Waals surface area contributed by atoms with E-state index in [9.17, 15) is 4.21 Å². The van der Waals surface area contributed by atoms with Crippen molar-refractivity contribution >= 4 is 11.4 Å². The average Bonchev–Trinajstić information content (AvgIpc) is 2.11. The van der Waals surface area contributed by atoms with Gasteiger partial charge in [0.1, 0.15) is 0 Å². The molecule has 5 nitrogen and oxygen atoms in total.